The SMILES string of the molecule is CCCOCC(=O)N(C)c1cc(NC(=O)C=Cc2cc(OC)c(O)c(OC)c2)ccc1C(=O)OCC. The van der Waals surface area contributed by atoms with Crippen LogP contribution in [0.5, 0.6) is 17.2 Å². The molecule has 10 heteroatoms. The van der Waals surface area contributed by atoms with Crippen molar-refractivity contribution >= 4 is 35.2 Å². The smallest absolute Gasteiger partial charge is 0.340 e. The van der Waals surface area contributed by atoms with Crippen LogP contribution < -0.4 is 19.7 Å². The number of anilines is 2. The van der Waals surface area contributed by atoms with E-state index < -0.39 is 11.9 Å². The van der Waals surface area contributed by atoms with Gasteiger partial charge >= 0.3 is 5.97 Å². The number of nitrogens with zero attached hydrogens (tertiary/aromatic N) is 1. The highest BCUT2D eigenvalue weighted by atomic mass is 16.5. The molecule has 0 aliphatic heterocycles. The van der Waals surface area contributed by atoms with Gasteiger partial charge in [0.2, 0.25) is 11.7 Å². The van der Waals surface area contributed by atoms with Crippen molar-refractivity contribution in [2.45, 2.75) is 20.3 Å². The van der Waals surface area contributed by atoms with Gasteiger partial charge in [-0.1, -0.05) is 6.92 Å². The summed E-state index contributed by atoms with van der Waals surface area (Å²) in [7, 11) is 4.33. The van der Waals surface area contributed by atoms with Crippen LogP contribution in [0.15, 0.2) is 36.4 Å². The van der Waals surface area contributed by atoms with E-state index in [1.165, 1.54) is 50.5 Å². The van der Waals surface area contributed by atoms with Gasteiger partial charge in [-0.05, 0) is 55.3 Å². The quantitative estimate of drug-likeness (QED) is 0.257. The number of hydrogen-bond donors (Lipinski definition) is 2. The predicted molar refractivity (Wildman–Crippen MR) is 136 cm³/mol. The Kier molecular flexibility index (Phi) is 10.8. The molecule has 0 saturated carbocycles. The van der Waals surface area contributed by atoms with Crippen LogP contribution in [-0.4, -0.2) is 64.0 Å². The van der Waals surface area contributed by atoms with Crippen LogP contribution >= 0.6 is 0 Å². The molecule has 0 aromatic heterocycles. The third kappa shape index (κ3) is 7.47. The second-order valence-corrected chi connectivity index (χ2v) is 7.55. The third-order valence-electron chi connectivity index (χ3n) is 5.00. The zero-order chi connectivity index (χ0) is 26.7. The van der Waals surface area contributed by atoms with E-state index in [-0.39, 0.29) is 47.6 Å². The minimum Gasteiger partial charge on any atom is -0.502 e. The van der Waals surface area contributed by atoms with Crippen molar-refractivity contribution in [3.05, 3.63) is 47.5 Å². The molecule has 2 rings (SSSR count). The largest absolute Gasteiger partial charge is 0.502 e. The molecule has 2 amide bonds. The Morgan fingerprint density at radius 2 is 1.72 bits per heavy atom. The molecule has 0 saturated heterocycles. The fourth-order valence-corrected chi connectivity index (χ4v) is 3.17. The molecule has 0 radical (unpaired) electrons. The van der Waals surface area contributed by atoms with Gasteiger partial charge in [0.15, 0.2) is 11.5 Å². The van der Waals surface area contributed by atoms with Crippen molar-refractivity contribution in [2.24, 2.45) is 0 Å². The number of rotatable bonds is 12. The molecule has 2 N–H and O–H groups in total. The summed E-state index contributed by atoms with van der Waals surface area (Å²) in [5.74, 6) is -1.15. The Morgan fingerprint density at radius 3 is 2.31 bits per heavy atom. The van der Waals surface area contributed by atoms with E-state index in [1.54, 1.807) is 25.1 Å². The molecule has 0 spiro atoms. The minimum absolute atomic E-state index is 0.144. The first-order valence-electron chi connectivity index (χ1n) is 11.3. The molecule has 0 heterocycles. The van der Waals surface area contributed by atoms with Gasteiger partial charge in [0, 0.05) is 25.4 Å². The van der Waals surface area contributed by atoms with Crippen molar-refractivity contribution in [3.63, 3.8) is 0 Å². The van der Waals surface area contributed by atoms with Crippen molar-refractivity contribution in [3.8, 4) is 17.2 Å². The van der Waals surface area contributed by atoms with Gasteiger partial charge in [0.1, 0.15) is 6.61 Å². The summed E-state index contributed by atoms with van der Waals surface area (Å²) >= 11 is 0. The van der Waals surface area contributed by atoms with Crippen LogP contribution in [0.1, 0.15) is 36.2 Å². The van der Waals surface area contributed by atoms with E-state index in [0.717, 1.165) is 6.42 Å². The summed E-state index contributed by atoms with van der Waals surface area (Å²) < 4.78 is 20.7. The summed E-state index contributed by atoms with van der Waals surface area (Å²) in [6.45, 7) is 4.08. The van der Waals surface area contributed by atoms with Crippen LogP contribution in [0.4, 0.5) is 11.4 Å². The normalized spacial score (nSPS) is 10.7. The van der Waals surface area contributed by atoms with Gasteiger partial charge in [-0.2, -0.15) is 0 Å². The number of methoxy groups -OCH3 is 2. The Balaban J connectivity index is 2.27. The van der Waals surface area contributed by atoms with Crippen molar-refractivity contribution in [1.29, 1.82) is 0 Å². The molecule has 10 nitrogen and oxygen atoms in total. The second-order valence-electron chi connectivity index (χ2n) is 7.55. The number of ether oxygens (including phenoxy) is 4. The molecule has 0 atom stereocenters. The van der Waals surface area contributed by atoms with E-state index >= 15 is 0 Å². The maximum atomic E-state index is 12.6. The van der Waals surface area contributed by atoms with E-state index in [1.807, 2.05) is 6.92 Å². The first-order chi connectivity index (χ1) is 17.2. The lowest BCUT2D eigenvalue weighted by Gasteiger charge is -2.21. The van der Waals surface area contributed by atoms with Crippen molar-refractivity contribution < 1.29 is 38.4 Å². The lowest BCUT2D eigenvalue weighted by Crippen LogP contribution is -2.31. The lowest BCUT2D eigenvalue weighted by molar-refractivity contribution is -0.122. The monoisotopic (exact) mass is 500 g/mol. The predicted octanol–water partition coefficient (Wildman–Crippen LogP) is 3.63. The van der Waals surface area contributed by atoms with E-state index in [2.05, 4.69) is 5.32 Å². The average molecular weight is 501 g/mol. The van der Waals surface area contributed by atoms with Crippen molar-refractivity contribution in [2.75, 3.05) is 51.3 Å². The van der Waals surface area contributed by atoms with Gasteiger partial charge in [-0.25, -0.2) is 4.79 Å². The van der Waals surface area contributed by atoms with Crippen LogP contribution in [0, 0.1) is 0 Å². The Labute approximate surface area is 210 Å². The first-order valence-corrected chi connectivity index (χ1v) is 11.3. The average Bonchev–Trinajstić information content (AvgIpc) is 2.87. The van der Waals surface area contributed by atoms with Crippen molar-refractivity contribution in [1.82, 2.24) is 0 Å². The summed E-state index contributed by atoms with van der Waals surface area (Å²) in [4.78, 5) is 38.9. The molecule has 0 unspecified atom stereocenters. The van der Waals surface area contributed by atoms with Gasteiger partial charge in [0.05, 0.1) is 32.1 Å². The molecule has 0 fully saturated rings. The number of carbonyl (C=O) groups excluding carboxylic acids is 3. The van der Waals surface area contributed by atoms with Crippen LogP contribution in [0.3, 0.4) is 0 Å². The zero-order valence-corrected chi connectivity index (χ0v) is 21.1. The van der Waals surface area contributed by atoms with Crippen LogP contribution in [-0.2, 0) is 19.1 Å². The van der Waals surface area contributed by atoms with E-state index in [4.69, 9.17) is 18.9 Å². The second kappa shape index (κ2) is 13.7. The van der Waals surface area contributed by atoms with Gasteiger partial charge in [-0.15, -0.1) is 0 Å². The summed E-state index contributed by atoms with van der Waals surface area (Å²) in [6, 6.07) is 7.64. The first kappa shape index (κ1) is 28.2. The molecule has 0 aliphatic rings. The number of amides is 2. The summed E-state index contributed by atoms with van der Waals surface area (Å²) in [6.07, 6.45) is 3.58. The summed E-state index contributed by atoms with van der Waals surface area (Å²) in [5.41, 5.74) is 1.38. The molecule has 2 aromatic carbocycles. The fourth-order valence-electron chi connectivity index (χ4n) is 3.17. The number of phenolic OH excluding ortho intramolecular Hbond substituents is 1. The number of carbonyl (C=O) groups is 3. The maximum Gasteiger partial charge on any atom is 0.340 e. The number of hydrogen-bond acceptors (Lipinski definition) is 8. The van der Waals surface area contributed by atoms with E-state index in [0.29, 0.717) is 17.9 Å². The maximum absolute atomic E-state index is 12.6. The number of likely N-dealkylation sites (N-methyl/N-ethyl adjacent to an activating group) is 1. The lowest BCUT2D eigenvalue weighted by atomic mass is 10.1. The van der Waals surface area contributed by atoms with Crippen LogP contribution in [0.2, 0.25) is 0 Å². The highest BCUT2D eigenvalue weighted by Gasteiger charge is 2.21. The molecule has 2 aromatic rings. The van der Waals surface area contributed by atoms with Crippen LogP contribution in [0.25, 0.3) is 6.08 Å². The molecule has 36 heavy (non-hydrogen) atoms. The Hall–Kier alpha value is -4.05. The number of aromatic hydroxyl groups is 1. The topological polar surface area (TPSA) is 124 Å². The number of esters is 1. The fraction of sp³-hybridized carbons (Fsp3) is 0.346. The Morgan fingerprint density at radius 1 is 1.06 bits per heavy atom. The molecule has 194 valence electrons. The standard InChI is InChI=1S/C26H32N2O8/c1-6-12-35-16-24(30)28(3)20-15-18(9-10-19(20)26(32)36-7-2)27-23(29)11-8-17-13-21(33-4)25(31)22(14-17)34-5/h8-11,13-15,31H,6-7,12,16H2,1-5H3,(H,27,29). The molecular formula is C26H32N2O8. The number of phenols is 1. The van der Waals surface area contributed by atoms with Gasteiger partial charge < -0.3 is 34.3 Å². The minimum atomic E-state index is -0.588. The third-order valence-corrected chi connectivity index (χ3v) is 5.00. The number of benzene rings is 2. The summed E-state index contributed by atoms with van der Waals surface area (Å²) in [5, 5.41) is 12.7. The van der Waals surface area contributed by atoms with E-state index in [9.17, 15) is 19.5 Å². The highest BCUT2D eigenvalue weighted by molar-refractivity contribution is 6.06. The van der Waals surface area contributed by atoms with Gasteiger partial charge in [0.25, 0.3) is 5.91 Å². The zero-order valence-electron chi connectivity index (χ0n) is 21.1. The molecule has 0 aliphatic carbocycles. The molecule has 0 bridgehead atoms. The molecular weight excluding hydrogens is 468 g/mol. The number of nitrogens with one attached hydrogen (secondary N) is 1. The Bertz CT molecular complexity index is 1090. The van der Waals surface area contributed by atoms with Gasteiger partial charge in [-0.3, -0.25) is 9.59 Å². The highest BCUT2D eigenvalue weighted by Crippen LogP contribution is 2.37.